The highest BCUT2D eigenvalue weighted by Gasteiger charge is 2.13. The lowest BCUT2D eigenvalue weighted by molar-refractivity contribution is -0.119. The number of carbonyl (C=O) groups excluding carboxylic acids is 1. The standard InChI is InChI=1S/C20H21FN2O5/c1-12(22-13(2)25)11-27-15-4-5-17-19(10-15)28-20(23-17)14-3-6-18(16(21)9-14)26-8-7-24/h3-6,9-10,12,24H,7-8,11H2,1-2H3,(H,22,25)/t12-/m0/s1. The van der Waals surface area contributed by atoms with Gasteiger partial charge in [-0.05, 0) is 37.3 Å². The van der Waals surface area contributed by atoms with Gasteiger partial charge in [-0.2, -0.15) is 0 Å². The number of hydrogen-bond acceptors (Lipinski definition) is 6. The number of aliphatic hydroxyl groups is 1. The molecule has 2 N–H and O–H groups in total. The summed E-state index contributed by atoms with van der Waals surface area (Å²) in [6.45, 7) is 3.43. The van der Waals surface area contributed by atoms with E-state index in [1.165, 1.54) is 19.1 Å². The Morgan fingerprint density at radius 2 is 2.11 bits per heavy atom. The van der Waals surface area contributed by atoms with E-state index in [2.05, 4.69) is 10.3 Å². The number of benzene rings is 2. The van der Waals surface area contributed by atoms with Gasteiger partial charge in [-0.1, -0.05) is 0 Å². The van der Waals surface area contributed by atoms with Gasteiger partial charge >= 0.3 is 0 Å². The molecule has 28 heavy (non-hydrogen) atoms. The number of halogens is 1. The van der Waals surface area contributed by atoms with Crippen LogP contribution in [0.5, 0.6) is 11.5 Å². The van der Waals surface area contributed by atoms with Gasteiger partial charge in [0.25, 0.3) is 0 Å². The molecule has 1 atom stereocenters. The summed E-state index contributed by atoms with van der Waals surface area (Å²) >= 11 is 0. The van der Waals surface area contributed by atoms with Gasteiger partial charge in [0, 0.05) is 18.6 Å². The minimum atomic E-state index is -0.566. The highest BCUT2D eigenvalue weighted by atomic mass is 19.1. The van der Waals surface area contributed by atoms with Crippen molar-refractivity contribution in [3.8, 4) is 23.0 Å². The van der Waals surface area contributed by atoms with E-state index in [0.29, 0.717) is 29.0 Å². The van der Waals surface area contributed by atoms with Crippen LogP contribution >= 0.6 is 0 Å². The van der Waals surface area contributed by atoms with Gasteiger partial charge in [-0.3, -0.25) is 4.79 Å². The predicted octanol–water partition coefficient (Wildman–Crippen LogP) is 2.91. The lowest BCUT2D eigenvalue weighted by Gasteiger charge is -2.13. The Hall–Kier alpha value is -3.13. The zero-order valence-electron chi connectivity index (χ0n) is 15.6. The quantitative estimate of drug-likeness (QED) is 0.616. The number of fused-ring (bicyclic) bond motifs is 1. The SMILES string of the molecule is CC(=O)N[C@@H](C)COc1ccc2nc(-c3ccc(OCCO)c(F)c3)oc2c1. The summed E-state index contributed by atoms with van der Waals surface area (Å²) in [5, 5.41) is 11.5. The van der Waals surface area contributed by atoms with Crippen LogP contribution < -0.4 is 14.8 Å². The largest absolute Gasteiger partial charge is 0.491 e. The lowest BCUT2D eigenvalue weighted by atomic mass is 10.2. The Morgan fingerprint density at radius 3 is 2.82 bits per heavy atom. The van der Waals surface area contributed by atoms with Crippen LogP contribution in [0, 0.1) is 5.82 Å². The smallest absolute Gasteiger partial charge is 0.227 e. The van der Waals surface area contributed by atoms with Crippen LogP contribution in [0.3, 0.4) is 0 Å². The number of oxazole rings is 1. The highest BCUT2D eigenvalue weighted by Crippen LogP contribution is 2.29. The lowest BCUT2D eigenvalue weighted by Crippen LogP contribution is -2.35. The molecule has 1 heterocycles. The zero-order chi connectivity index (χ0) is 20.1. The molecule has 3 rings (SSSR count). The zero-order valence-corrected chi connectivity index (χ0v) is 15.6. The topological polar surface area (TPSA) is 93.8 Å². The van der Waals surface area contributed by atoms with Crippen LogP contribution in [0.15, 0.2) is 40.8 Å². The van der Waals surface area contributed by atoms with E-state index in [1.54, 1.807) is 24.3 Å². The maximum absolute atomic E-state index is 14.1. The Balaban J connectivity index is 1.75. The molecule has 7 nitrogen and oxygen atoms in total. The van der Waals surface area contributed by atoms with Crippen molar-refractivity contribution >= 4 is 17.0 Å². The molecule has 0 saturated heterocycles. The fourth-order valence-corrected chi connectivity index (χ4v) is 2.63. The van der Waals surface area contributed by atoms with Crippen molar-refractivity contribution in [1.82, 2.24) is 10.3 Å². The van der Waals surface area contributed by atoms with Gasteiger partial charge in [0.2, 0.25) is 11.8 Å². The molecule has 0 aliphatic carbocycles. The molecule has 0 bridgehead atoms. The maximum atomic E-state index is 14.1. The van der Waals surface area contributed by atoms with Crippen LogP contribution in [0.1, 0.15) is 13.8 Å². The van der Waals surface area contributed by atoms with Crippen molar-refractivity contribution in [3.63, 3.8) is 0 Å². The third-order valence-corrected chi connectivity index (χ3v) is 3.84. The van der Waals surface area contributed by atoms with E-state index in [0.717, 1.165) is 0 Å². The Kier molecular flexibility index (Phi) is 6.10. The van der Waals surface area contributed by atoms with Crippen molar-refractivity contribution < 1.29 is 28.2 Å². The van der Waals surface area contributed by atoms with Crippen molar-refractivity contribution in [3.05, 3.63) is 42.2 Å². The van der Waals surface area contributed by atoms with E-state index >= 15 is 0 Å². The van der Waals surface area contributed by atoms with Crippen LogP contribution in [0.25, 0.3) is 22.6 Å². The minimum absolute atomic E-state index is 0.0164. The van der Waals surface area contributed by atoms with Crippen molar-refractivity contribution in [2.45, 2.75) is 19.9 Å². The van der Waals surface area contributed by atoms with Crippen LogP contribution in [0.4, 0.5) is 4.39 Å². The van der Waals surface area contributed by atoms with E-state index in [1.807, 2.05) is 6.92 Å². The summed E-state index contributed by atoms with van der Waals surface area (Å²) in [5.41, 5.74) is 1.57. The first kappa shape index (κ1) is 19.6. The van der Waals surface area contributed by atoms with E-state index in [9.17, 15) is 9.18 Å². The molecule has 0 aliphatic heterocycles. The second kappa shape index (κ2) is 8.71. The molecule has 0 unspecified atom stereocenters. The summed E-state index contributed by atoms with van der Waals surface area (Å²) < 4.78 is 30.6. The summed E-state index contributed by atoms with van der Waals surface area (Å²) in [5.74, 6) is 0.214. The third kappa shape index (κ3) is 4.77. The molecule has 0 fully saturated rings. The summed E-state index contributed by atoms with van der Waals surface area (Å²) in [6, 6.07) is 9.43. The van der Waals surface area contributed by atoms with Gasteiger partial charge in [-0.15, -0.1) is 0 Å². The molecule has 0 saturated carbocycles. The van der Waals surface area contributed by atoms with Gasteiger partial charge in [0.15, 0.2) is 17.1 Å². The summed E-state index contributed by atoms with van der Waals surface area (Å²) in [4.78, 5) is 15.4. The fraction of sp³-hybridized carbons (Fsp3) is 0.300. The number of nitrogens with zero attached hydrogens (tertiary/aromatic N) is 1. The van der Waals surface area contributed by atoms with Gasteiger partial charge < -0.3 is 24.3 Å². The first-order valence-corrected chi connectivity index (χ1v) is 8.80. The molecule has 1 aromatic heterocycles. The van der Waals surface area contributed by atoms with E-state index < -0.39 is 5.82 Å². The maximum Gasteiger partial charge on any atom is 0.227 e. The number of amides is 1. The number of ether oxygens (including phenoxy) is 2. The number of carbonyl (C=O) groups is 1. The van der Waals surface area contributed by atoms with Gasteiger partial charge in [0.1, 0.15) is 24.5 Å². The van der Waals surface area contributed by atoms with Crippen LogP contribution in [-0.4, -0.2) is 41.9 Å². The second-order valence-electron chi connectivity index (χ2n) is 6.28. The molecule has 1 amide bonds. The monoisotopic (exact) mass is 388 g/mol. The average molecular weight is 388 g/mol. The van der Waals surface area contributed by atoms with E-state index in [-0.39, 0.29) is 36.8 Å². The molecule has 2 aromatic carbocycles. The highest BCUT2D eigenvalue weighted by molar-refractivity contribution is 5.77. The molecule has 0 radical (unpaired) electrons. The number of nitrogens with one attached hydrogen (secondary N) is 1. The first-order valence-electron chi connectivity index (χ1n) is 8.80. The second-order valence-corrected chi connectivity index (χ2v) is 6.28. The van der Waals surface area contributed by atoms with E-state index in [4.69, 9.17) is 19.0 Å². The molecular formula is C20H21FN2O5. The first-order chi connectivity index (χ1) is 13.5. The number of hydrogen-bond donors (Lipinski definition) is 2. The average Bonchev–Trinajstić information content (AvgIpc) is 3.08. The normalized spacial score (nSPS) is 12.0. The van der Waals surface area contributed by atoms with Crippen molar-refractivity contribution in [1.29, 1.82) is 0 Å². The molecule has 8 heteroatoms. The molecule has 0 aliphatic rings. The van der Waals surface area contributed by atoms with Gasteiger partial charge in [-0.25, -0.2) is 9.37 Å². The number of aromatic nitrogens is 1. The van der Waals surface area contributed by atoms with Crippen molar-refractivity contribution in [2.24, 2.45) is 0 Å². The molecular weight excluding hydrogens is 367 g/mol. The van der Waals surface area contributed by atoms with Gasteiger partial charge in [0.05, 0.1) is 12.6 Å². The Bertz CT molecular complexity index is 972. The summed E-state index contributed by atoms with van der Waals surface area (Å²) in [7, 11) is 0. The third-order valence-electron chi connectivity index (χ3n) is 3.84. The predicted molar refractivity (Wildman–Crippen MR) is 101 cm³/mol. The Morgan fingerprint density at radius 1 is 1.29 bits per heavy atom. The fourth-order valence-electron chi connectivity index (χ4n) is 2.63. The Labute approximate surface area is 161 Å². The molecule has 3 aromatic rings. The molecule has 148 valence electrons. The van der Waals surface area contributed by atoms with Crippen LogP contribution in [-0.2, 0) is 4.79 Å². The molecule has 0 spiro atoms. The minimum Gasteiger partial charge on any atom is -0.491 e. The number of rotatable bonds is 8. The number of aliphatic hydroxyl groups excluding tert-OH is 1. The van der Waals surface area contributed by atoms with Crippen LogP contribution in [0.2, 0.25) is 0 Å². The summed E-state index contributed by atoms with van der Waals surface area (Å²) in [6.07, 6.45) is 0. The van der Waals surface area contributed by atoms with Crippen molar-refractivity contribution in [2.75, 3.05) is 19.8 Å².